The molecular formula is C9H13NOS. The molecule has 0 amide bonds. The predicted octanol–water partition coefficient (Wildman–Crippen LogP) is 2.72. The zero-order valence-corrected chi connectivity index (χ0v) is 8.19. The topological polar surface area (TPSA) is 25.2 Å². The highest BCUT2D eigenvalue weighted by Crippen LogP contribution is 2.10. The molecule has 0 bridgehead atoms. The van der Waals surface area contributed by atoms with Crippen LogP contribution in [0.5, 0.6) is 0 Å². The van der Waals surface area contributed by atoms with Gasteiger partial charge in [-0.25, -0.2) is 0 Å². The van der Waals surface area contributed by atoms with Gasteiger partial charge in [0.15, 0.2) is 0 Å². The van der Waals surface area contributed by atoms with E-state index in [-0.39, 0.29) is 0 Å². The molecule has 12 heavy (non-hydrogen) atoms. The summed E-state index contributed by atoms with van der Waals surface area (Å²) in [6, 6.07) is 1.91. The number of hydrogen-bond donors (Lipinski definition) is 1. The molecule has 0 saturated heterocycles. The van der Waals surface area contributed by atoms with Crippen molar-refractivity contribution in [2.45, 2.75) is 26.7 Å². The molecular weight excluding hydrogens is 170 g/mol. The van der Waals surface area contributed by atoms with Gasteiger partial charge in [0.2, 0.25) is 0 Å². The van der Waals surface area contributed by atoms with E-state index in [1.165, 1.54) is 5.56 Å². The molecule has 1 heterocycles. The average Bonchev–Trinajstić information content (AvgIpc) is 2.07. The highest BCUT2D eigenvalue weighted by molar-refractivity contribution is 7.71. The molecule has 2 nitrogen and oxygen atoms in total. The summed E-state index contributed by atoms with van der Waals surface area (Å²) in [5, 5.41) is 9.21. The highest BCUT2D eigenvalue weighted by atomic mass is 32.1. The Labute approximate surface area is 77.4 Å². The number of hydrogen-bond acceptors (Lipinski definition) is 2. The molecule has 0 spiro atoms. The summed E-state index contributed by atoms with van der Waals surface area (Å²) in [5.74, 6) is 0. The highest BCUT2D eigenvalue weighted by Gasteiger charge is 2.00. The van der Waals surface area contributed by atoms with E-state index >= 15 is 0 Å². The monoisotopic (exact) mass is 183 g/mol. The Bertz CT molecular complexity index is 330. The van der Waals surface area contributed by atoms with Crippen molar-refractivity contribution in [3.63, 3.8) is 0 Å². The molecule has 3 heteroatoms. The lowest BCUT2D eigenvalue weighted by atomic mass is 10.1. The number of nitrogens with zero attached hydrogens (tertiary/aromatic N) is 1. The van der Waals surface area contributed by atoms with E-state index in [0.29, 0.717) is 4.64 Å². The molecule has 0 aliphatic heterocycles. The van der Waals surface area contributed by atoms with Crippen LogP contribution in [-0.2, 0) is 6.42 Å². The fourth-order valence-electron chi connectivity index (χ4n) is 1.20. The average molecular weight is 183 g/mol. The van der Waals surface area contributed by atoms with Crippen LogP contribution in [0.2, 0.25) is 0 Å². The Balaban J connectivity index is 3.18. The summed E-state index contributed by atoms with van der Waals surface area (Å²) in [7, 11) is 0. The van der Waals surface area contributed by atoms with Crippen LogP contribution in [0.1, 0.15) is 24.5 Å². The minimum atomic E-state index is 0.515. The number of aryl methyl sites for hydroxylation is 1. The van der Waals surface area contributed by atoms with Crippen LogP contribution in [0.15, 0.2) is 12.3 Å². The van der Waals surface area contributed by atoms with Gasteiger partial charge in [0.25, 0.3) is 0 Å². The minimum Gasteiger partial charge on any atom is -0.428 e. The van der Waals surface area contributed by atoms with Crippen molar-refractivity contribution in [2.24, 2.45) is 0 Å². The molecule has 0 fully saturated rings. The molecule has 0 unspecified atom stereocenters. The maximum Gasteiger partial charge on any atom is 0.145 e. The Kier molecular flexibility index (Phi) is 2.87. The van der Waals surface area contributed by atoms with Crippen molar-refractivity contribution in [2.75, 3.05) is 0 Å². The molecule has 1 aromatic heterocycles. The molecule has 0 aliphatic carbocycles. The van der Waals surface area contributed by atoms with E-state index in [2.05, 4.69) is 6.92 Å². The van der Waals surface area contributed by atoms with Gasteiger partial charge in [0.1, 0.15) is 4.64 Å². The molecule has 0 aromatic carbocycles. The van der Waals surface area contributed by atoms with Gasteiger partial charge in [0, 0.05) is 6.20 Å². The molecule has 1 rings (SSSR count). The standard InChI is InChI=1S/C9H13NOS/c1-3-4-8-5-6-10(11)9(12)7(8)2/h5-6,11H,3-4H2,1-2H3. The van der Waals surface area contributed by atoms with Crippen molar-refractivity contribution in [1.29, 1.82) is 0 Å². The van der Waals surface area contributed by atoms with Crippen molar-refractivity contribution in [3.8, 4) is 0 Å². The largest absolute Gasteiger partial charge is 0.428 e. The van der Waals surface area contributed by atoms with Crippen LogP contribution in [0.25, 0.3) is 0 Å². The van der Waals surface area contributed by atoms with Gasteiger partial charge in [-0.15, -0.1) is 0 Å². The van der Waals surface area contributed by atoms with E-state index in [1.807, 2.05) is 13.0 Å². The Hall–Kier alpha value is -0.830. The van der Waals surface area contributed by atoms with Crippen LogP contribution in [0.4, 0.5) is 0 Å². The summed E-state index contributed by atoms with van der Waals surface area (Å²) in [6.45, 7) is 4.07. The molecule has 66 valence electrons. The van der Waals surface area contributed by atoms with Gasteiger partial charge in [-0.2, -0.15) is 4.73 Å². The maximum absolute atomic E-state index is 9.21. The molecule has 0 radical (unpaired) electrons. The van der Waals surface area contributed by atoms with Crippen molar-refractivity contribution in [1.82, 2.24) is 4.73 Å². The lowest BCUT2D eigenvalue weighted by molar-refractivity contribution is 0.179. The van der Waals surface area contributed by atoms with Crippen LogP contribution < -0.4 is 0 Å². The van der Waals surface area contributed by atoms with Gasteiger partial charge < -0.3 is 5.21 Å². The van der Waals surface area contributed by atoms with E-state index in [9.17, 15) is 5.21 Å². The van der Waals surface area contributed by atoms with Crippen LogP contribution in [0, 0.1) is 11.6 Å². The fourth-order valence-corrected chi connectivity index (χ4v) is 1.39. The summed E-state index contributed by atoms with van der Waals surface area (Å²) in [4.78, 5) is 0. The summed E-state index contributed by atoms with van der Waals surface area (Å²) >= 11 is 5.01. The summed E-state index contributed by atoms with van der Waals surface area (Å²) in [6.07, 6.45) is 3.72. The Morgan fingerprint density at radius 3 is 2.83 bits per heavy atom. The van der Waals surface area contributed by atoms with E-state index in [0.717, 1.165) is 23.1 Å². The second-order valence-electron chi connectivity index (χ2n) is 2.87. The first-order chi connectivity index (χ1) is 5.66. The zero-order chi connectivity index (χ0) is 9.14. The van der Waals surface area contributed by atoms with Crippen molar-refractivity contribution in [3.05, 3.63) is 28.0 Å². The number of rotatable bonds is 2. The van der Waals surface area contributed by atoms with Crippen molar-refractivity contribution >= 4 is 12.2 Å². The first-order valence-corrected chi connectivity index (χ1v) is 4.48. The quantitative estimate of drug-likeness (QED) is 0.563. The lowest BCUT2D eigenvalue weighted by Crippen LogP contribution is -1.99. The Morgan fingerprint density at radius 1 is 1.58 bits per heavy atom. The smallest absolute Gasteiger partial charge is 0.145 e. The van der Waals surface area contributed by atoms with E-state index in [4.69, 9.17) is 12.2 Å². The normalized spacial score (nSPS) is 10.2. The zero-order valence-electron chi connectivity index (χ0n) is 7.37. The maximum atomic E-state index is 9.21. The van der Waals surface area contributed by atoms with E-state index in [1.54, 1.807) is 6.20 Å². The molecule has 1 N–H and O–H groups in total. The minimum absolute atomic E-state index is 0.515. The van der Waals surface area contributed by atoms with Gasteiger partial charge in [-0.05, 0) is 30.5 Å². The van der Waals surface area contributed by atoms with E-state index < -0.39 is 0 Å². The third-order valence-corrected chi connectivity index (χ3v) is 2.44. The molecule has 0 saturated carbocycles. The lowest BCUT2D eigenvalue weighted by Gasteiger charge is -2.05. The second kappa shape index (κ2) is 3.72. The summed E-state index contributed by atoms with van der Waals surface area (Å²) in [5.41, 5.74) is 2.24. The van der Waals surface area contributed by atoms with Gasteiger partial charge in [-0.1, -0.05) is 25.6 Å². The number of pyridine rings is 1. The first-order valence-electron chi connectivity index (χ1n) is 4.07. The first kappa shape index (κ1) is 9.26. The molecule has 0 aliphatic rings. The SMILES string of the molecule is CCCc1ccn(O)c(=S)c1C. The van der Waals surface area contributed by atoms with Crippen molar-refractivity contribution < 1.29 is 5.21 Å². The molecule has 1 aromatic rings. The second-order valence-corrected chi connectivity index (χ2v) is 3.25. The van der Waals surface area contributed by atoms with Crippen LogP contribution in [-0.4, -0.2) is 9.94 Å². The predicted molar refractivity (Wildman–Crippen MR) is 51.2 cm³/mol. The van der Waals surface area contributed by atoms with Gasteiger partial charge in [0.05, 0.1) is 0 Å². The van der Waals surface area contributed by atoms with Crippen LogP contribution in [0.3, 0.4) is 0 Å². The van der Waals surface area contributed by atoms with Crippen LogP contribution >= 0.6 is 12.2 Å². The Morgan fingerprint density at radius 2 is 2.25 bits per heavy atom. The van der Waals surface area contributed by atoms with Gasteiger partial charge >= 0.3 is 0 Å². The number of aromatic nitrogens is 1. The third-order valence-electron chi connectivity index (χ3n) is 1.95. The third kappa shape index (κ3) is 1.67. The summed E-state index contributed by atoms with van der Waals surface area (Å²) < 4.78 is 1.50. The molecule has 0 atom stereocenters. The fraction of sp³-hybridized carbons (Fsp3) is 0.444. The van der Waals surface area contributed by atoms with Gasteiger partial charge in [-0.3, -0.25) is 0 Å².